The van der Waals surface area contributed by atoms with Crippen LogP contribution in [0.25, 0.3) is 10.9 Å². The molecule has 0 aliphatic carbocycles. The molecule has 1 aliphatic heterocycles. The summed E-state index contributed by atoms with van der Waals surface area (Å²) in [4.78, 5) is 41.2. The SMILES string of the molecule is CCCNC(=O)NC(=O)CSc1nc2ccccc2c(=O)n1C[C@@H]1CCCO1. The third-order valence-electron chi connectivity index (χ3n) is 4.36. The maximum atomic E-state index is 13.0. The molecule has 1 aliphatic rings. The van der Waals surface area contributed by atoms with Crippen LogP contribution < -0.4 is 16.2 Å². The van der Waals surface area contributed by atoms with Gasteiger partial charge in [0, 0.05) is 13.2 Å². The van der Waals surface area contributed by atoms with Gasteiger partial charge in [0.05, 0.1) is 29.3 Å². The molecular formula is C19H24N4O4S. The highest BCUT2D eigenvalue weighted by molar-refractivity contribution is 7.99. The minimum Gasteiger partial charge on any atom is -0.376 e. The number of hydrogen-bond donors (Lipinski definition) is 2. The fourth-order valence-corrected chi connectivity index (χ4v) is 3.79. The first-order valence-electron chi connectivity index (χ1n) is 9.40. The van der Waals surface area contributed by atoms with Crippen molar-refractivity contribution in [1.29, 1.82) is 0 Å². The lowest BCUT2D eigenvalue weighted by Crippen LogP contribution is -2.40. The van der Waals surface area contributed by atoms with Crippen LogP contribution in [-0.4, -0.2) is 46.5 Å². The Labute approximate surface area is 167 Å². The number of carbonyl (C=O) groups excluding carboxylic acids is 2. The van der Waals surface area contributed by atoms with Crippen molar-refractivity contribution in [1.82, 2.24) is 20.2 Å². The topological polar surface area (TPSA) is 102 Å². The van der Waals surface area contributed by atoms with Gasteiger partial charge in [0.2, 0.25) is 5.91 Å². The molecule has 3 rings (SSSR count). The fourth-order valence-electron chi connectivity index (χ4n) is 2.99. The first kappa shape index (κ1) is 20.3. The molecule has 9 heteroatoms. The first-order valence-corrected chi connectivity index (χ1v) is 10.4. The number of aromatic nitrogens is 2. The molecule has 2 N–H and O–H groups in total. The van der Waals surface area contributed by atoms with Crippen LogP contribution in [0.15, 0.2) is 34.2 Å². The molecule has 1 atom stereocenters. The van der Waals surface area contributed by atoms with Gasteiger partial charge in [-0.05, 0) is 31.4 Å². The van der Waals surface area contributed by atoms with Crippen molar-refractivity contribution in [3.8, 4) is 0 Å². The van der Waals surface area contributed by atoms with E-state index < -0.39 is 11.9 Å². The molecule has 150 valence electrons. The summed E-state index contributed by atoms with van der Waals surface area (Å²) in [6, 6.07) is 6.62. The summed E-state index contributed by atoms with van der Waals surface area (Å²) in [6.07, 6.45) is 2.61. The summed E-state index contributed by atoms with van der Waals surface area (Å²) in [7, 11) is 0. The van der Waals surface area contributed by atoms with Gasteiger partial charge < -0.3 is 10.1 Å². The molecule has 1 aromatic heterocycles. The van der Waals surface area contributed by atoms with Gasteiger partial charge in [-0.3, -0.25) is 19.5 Å². The summed E-state index contributed by atoms with van der Waals surface area (Å²) >= 11 is 1.14. The Morgan fingerprint density at radius 1 is 1.36 bits per heavy atom. The van der Waals surface area contributed by atoms with Crippen molar-refractivity contribution in [2.24, 2.45) is 0 Å². The van der Waals surface area contributed by atoms with Gasteiger partial charge in [0.25, 0.3) is 5.56 Å². The minimum absolute atomic E-state index is 0.0180. The molecule has 0 saturated carbocycles. The van der Waals surface area contributed by atoms with Gasteiger partial charge in [0.1, 0.15) is 0 Å². The van der Waals surface area contributed by atoms with E-state index in [-0.39, 0.29) is 17.4 Å². The van der Waals surface area contributed by atoms with Crippen LogP contribution >= 0.6 is 11.8 Å². The number of carbonyl (C=O) groups is 2. The normalized spacial score (nSPS) is 16.2. The molecule has 2 aromatic rings. The van der Waals surface area contributed by atoms with E-state index in [0.717, 1.165) is 31.0 Å². The summed E-state index contributed by atoms with van der Waals surface area (Å²) in [5.41, 5.74) is 0.435. The second-order valence-electron chi connectivity index (χ2n) is 6.56. The van der Waals surface area contributed by atoms with Gasteiger partial charge in [0.15, 0.2) is 5.16 Å². The van der Waals surface area contributed by atoms with Crippen molar-refractivity contribution in [3.63, 3.8) is 0 Å². The second kappa shape index (κ2) is 9.70. The minimum atomic E-state index is -0.518. The van der Waals surface area contributed by atoms with E-state index in [4.69, 9.17) is 4.74 Å². The molecule has 2 heterocycles. The van der Waals surface area contributed by atoms with Crippen LogP contribution in [0.1, 0.15) is 26.2 Å². The van der Waals surface area contributed by atoms with Crippen molar-refractivity contribution >= 4 is 34.6 Å². The van der Waals surface area contributed by atoms with E-state index in [1.165, 1.54) is 0 Å². The molecule has 1 aromatic carbocycles. The number of nitrogens with zero attached hydrogens (tertiary/aromatic N) is 2. The molecule has 1 fully saturated rings. The number of thioether (sulfide) groups is 1. The Bertz CT molecular complexity index is 908. The zero-order valence-electron chi connectivity index (χ0n) is 15.8. The summed E-state index contributed by atoms with van der Waals surface area (Å²) in [5, 5.41) is 5.85. The third kappa shape index (κ3) is 5.11. The van der Waals surface area contributed by atoms with Gasteiger partial charge in [-0.15, -0.1) is 0 Å². The van der Waals surface area contributed by atoms with E-state index >= 15 is 0 Å². The molecule has 8 nitrogen and oxygen atoms in total. The van der Waals surface area contributed by atoms with E-state index in [9.17, 15) is 14.4 Å². The van der Waals surface area contributed by atoms with Gasteiger partial charge in [-0.1, -0.05) is 30.8 Å². The zero-order chi connectivity index (χ0) is 19.9. The predicted octanol–water partition coefficient (Wildman–Crippen LogP) is 1.90. The average Bonchev–Trinajstić information content (AvgIpc) is 3.20. The van der Waals surface area contributed by atoms with Crippen LogP contribution in [-0.2, 0) is 16.1 Å². The Morgan fingerprint density at radius 3 is 2.93 bits per heavy atom. The van der Waals surface area contributed by atoms with Crippen LogP contribution in [0.2, 0.25) is 0 Å². The van der Waals surface area contributed by atoms with Crippen LogP contribution in [0, 0.1) is 0 Å². The van der Waals surface area contributed by atoms with E-state index in [1.54, 1.807) is 22.8 Å². The number of urea groups is 1. The maximum Gasteiger partial charge on any atom is 0.321 e. The molecule has 1 saturated heterocycles. The number of fused-ring (bicyclic) bond motifs is 1. The number of para-hydroxylation sites is 1. The summed E-state index contributed by atoms with van der Waals surface area (Å²) < 4.78 is 7.24. The Balaban J connectivity index is 1.77. The monoisotopic (exact) mass is 404 g/mol. The molecule has 0 bridgehead atoms. The maximum absolute atomic E-state index is 13.0. The largest absolute Gasteiger partial charge is 0.376 e. The van der Waals surface area contributed by atoms with Crippen molar-refractivity contribution in [3.05, 3.63) is 34.6 Å². The Hall–Kier alpha value is -2.39. The fraction of sp³-hybridized carbons (Fsp3) is 0.474. The number of benzene rings is 1. The lowest BCUT2D eigenvalue weighted by Gasteiger charge is -2.16. The van der Waals surface area contributed by atoms with Gasteiger partial charge >= 0.3 is 6.03 Å². The highest BCUT2D eigenvalue weighted by Gasteiger charge is 2.20. The lowest BCUT2D eigenvalue weighted by molar-refractivity contribution is -0.117. The summed E-state index contributed by atoms with van der Waals surface area (Å²) in [6.45, 7) is 3.52. The molecular weight excluding hydrogens is 380 g/mol. The highest BCUT2D eigenvalue weighted by atomic mass is 32.2. The number of imide groups is 1. The van der Waals surface area contributed by atoms with Crippen molar-refractivity contribution in [2.45, 2.75) is 44.0 Å². The molecule has 3 amide bonds. The van der Waals surface area contributed by atoms with Crippen molar-refractivity contribution < 1.29 is 14.3 Å². The van der Waals surface area contributed by atoms with Crippen LogP contribution in [0.4, 0.5) is 4.79 Å². The number of ether oxygens (including phenoxy) is 1. The quantitative estimate of drug-likeness (QED) is 0.540. The average molecular weight is 404 g/mol. The standard InChI is InChI=1S/C19H24N4O4S/c1-2-9-20-18(26)22-16(24)12-28-19-21-15-8-4-3-7-14(15)17(25)23(19)11-13-6-5-10-27-13/h3-4,7-8,13H,2,5-6,9-12H2,1H3,(H2,20,22,24,26)/t13-/m0/s1. The number of amides is 3. The van der Waals surface area contributed by atoms with Crippen LogP contribution in [0.5, 0.6) is 0 Å². The smallest absolute Gasteiger partial charge is 0.321 e. The third-order valence-corrected chi connectivity index (χ3v) is 5.33. The molecule has 0 radical (unpaired) electrons. The highest BCUT2D eigenvalue weighted by Crippen LogP contribution is 2.20. The molecule has 28 heavy (non-hydrogen) atoms. The molecule has 0 spiro atoms. The van der Waals surface area contributed by atoms with E-state index in [1.807, 2.05) is 13.0 Å². The number of hydrogen-bond acceptors (Lipinski definition) is 6. The number of nitrogens with one attached hydrogen (secondary N) is 2. The Kier molecular flexibility index (Phi) is 7.05. The number of rotatable bonds is 7. The van der Waals surface area contributed by atoms with Gasteiger partial charge in [-0.2, -0.15) is 0 Å². The second-order valence-corrected chi connectivity index (χ2v) is 7.50. The van der Waals surface area contributed by atoms with E-state index in [2.05, 4.69) is 15.6 Å². The van der Waals surface area contributed by atoms with E-state index in [0.29, 0.717) is 35.8 Å². The first-order chi connectivity index (χ1) is 13.6. The molecule has 0 unspecified atom stereocenters. The zero-order valence-corrected chi connectivity index (χ0v) is 16.6. The Morgan fingerprint density at radius 2 is 2.18 bits per heavy atom. The summed E-state index contributed by atoms with van der Waals surface area (Å²) in [5.74, 6) is -0.458. The van der Waals surface area contributed by atoms with Crippen LogP contribution in [0.3, 0.4) is 0 Å². The lowest BCUT2D eigenvalue weighted by atomic mass is 10.2. The van der Waals surface area contributed by atoms with Gasteiger partial charge in [-0.25, -0.2) is 9.78 Å². The van der Waals surface area contributed by atoms with Crippen molar-refractivity contribution in [2.75, 3.05) is 18.9 Å². The predicted molar refractivity (Wildman–Crippen MR) is 108 cm³/mol.